The standard InChI is InChI=1S/C10H6BrFN2O3/c11-6-2-8(5(3-13)1-7(6)12)14-9(4-15)10(16)17/h1-2,4,9,14H,(H,16,17). The summed E-state index contributed by atoms with van der Waals surface area (Å²) in [7, 11) is 0. The van der Waals surface area contributed by atoms with Crippen LogP contribution in [0.4, 0.5) is 10.1 Å². The molecule has 1 rings (SSSR count). The molecule has 0 amide bonds. The van der Waals surface area contributed by atoms with Crippen LogP contribution in [-0.2, 0) is 9.59 Å². The highest BCUT2D eigenvalue weighted by molar-refractivity contribution is 9.10. The second-order valence-electron chi connectivity index (χ2n) is 3.02. The molecule has 0 spiro atoms. The number of nitriles is 1. The number of carboxylic acids is 1. The highest BCUT2D eigenvalue weighted by atomic mass is 79.9. The molecular weight excluding hydrogens is 295 g/mol. The van der Waals surface area contributed by atoms with Crippen molar-refractivity contribution >= 4 is 33.9 Å². The molecule has 17 heavy (non-hydrogen) atoms. The van der Waals surface area contributed by atoms with Gasteiger partial charge in [-0.15, -0.1) is 0 Å². The Morgan fingerprint density at radius 3 is 2.76 bits per heavy atom. The monoisotopic (exact) mass is 300 g/mol. The van der Waals surface area contributed by atoms with Crippen LogP contribution in [-0.4, -0.2) is 23.4 Å². The van der Waals surface area contributed by atoms with E-state index in [4.69, 9.17) is 10.4 Å². The Bertz CT molecular complexity index is 513. The van der Waals surface area contributed by atoms with E-state index in [0.29, 0.717) is 0 Å². The van der Waals surface area contributed by atoms with Gasteiger partial charge in [0.05, 0.1) is 15.7 Å². The first kappa shape index (κ1) is 13.1. The number of carbonyl (C=O) groups is 2. The van der Waals surface area contributed by atoms with E-state index in [1.54, 1.807) is 6.07 Å². The van der Waals surface area contributed by atoms with Crippen molar-refractivity contribution in [2.45, 2.75) is 6.04 Å². The number of hydrogen-bond acceptors (Lipinski definition) is 4. The maximum Gasteiger partial charge on any atom is 0.333 e. The van der Waals surface area contributed by atoms with Crippen LogP contribution in [0.25, 0.3) is 0 Å². The van der Waals surface area contributed by atoms with E-state index >= 15 is 0 Å². The highest BCUT2D eigenvalue weighted by Gasteiger charge is 2.18. The number of carbonyl (C=O) groups excluding carboxylic acids is 1. The molecule has 0 saturated carbocycles. The van der Waals surface area contributed by atoms with Crippen LogP contribution in [0.15, 0.2) is 16.6 Å². The van der Waals surface area contributed by atoms with Crippen LogP contribution in [0.5, 0.6) is 0 Å². The molecule has 0 aliphatic rings. The highest BCUT2D eigenvalue weighted by Crippen LogP contribution is 2.24. The number of rotatable bonds is 4. The van der Waals surface area contributed by atoms with Crippen molar-refractivity contribution in [1.82, 2.24) is 0 Å². The maximum absolute atomic E-state index is 13.1. The number of aliphatic carboxylic acids is 1. The molecule has 0 fully saturated rings. The maximum atomic E-state index is 13.1. The zero-order valence-electron chi connectivity index (χ0n) is 8.28. The van der Waals surface area contributed by atoms with Gasteiger partial charge in [-0.1, -0.05) is 0 Å². The largest absolute Gasteiger partial charge is 0.479 e. The molecule has 1 aromatic carbocycles. The van der Waals surface area contributed by atoms with Crippen molar-refractivity contribution in [3.8, 4) is 6.07 Å². The molecule has 88 valence electrons. The predicted octanol–water partition coefficient (Wildman–Crippen LogP) is 1.52. The SMILES string of the molecule is N#Cc1cc(F)c(Br)cc1NC(C=O)C(=O)O. The summed E-state index contributed by atoms with van der Waals surface area (Å²) in [6, 6.07) is 2.36. The Labute approximate surface area is 104 Å². The third kappa shape index (κ3) is 3.01. The van der Waals surface area contributed by atoms with E-state index in [9.17, 15) is 14.0 Å². The summed E-state index contributed by atoms with van der Waals surface area (Å²) in [5, 5.41) is 19.7. The molecule has 0 aromatic heterocycles. The summed E-state index contributed by atoms with van der Waals surface area (Å²) in [4.78, 5) is 21.1. The minimum atomic E-state index is -1.49. The number of nitrogens with one attached hydrogen (secondary N) is 1. The van der Waals surface area contributed by atoms with E-state index in [0.717, 1.165) is 6.07 Å². The lowest BCUT2D eigenvalue weighted by molar-refractivity contribution is -0.139. The fourth-order valence-electron chi connectivity index (χ4n) is 1.08. The van der Waals surface area contributed by atoms with Crippen LogP contribution < -0.4 is 5.32 Å². The number of anilines is 1. The average molecular weight is 301 g/mol. The number of aldehydes is 1. The van der Waals surface area contributed by atoms with Gasteiger partial charge in [0.15, 0.2) is 12.3 Å². The Hall–Kier alpha value is -1.94. The molecule has 0 bridgehead atoms. The van der Waals surface area contributed by atoms with Crippen LogP contribution >= 0.6 is 15.9 Å². The van der Waals surface area contributed by atoms with Crippen LogP contribution in [0.1, 0.15) is 5.56 Å². The van der Waals surface area contributed by atoms with E-state index in [1.165, 1.54) is 6.07 Å². The average Bonchev–Trinajstić information content (AvgIpc) is 2.29. The Morgan fingerprint density at radius 1 is 1.65 bits per heavy atom. The van der Waals surface area contributed by atoms with Gasteiger partial charge in [0.25, 0.3) is 0 Å². The van der Waals surface area contributed by atoms with Crippen molar-refractivity contribution in [2.24, 2.45) is 0 Å². The topological polar surface area (TPSA) is 90.2 Å². The van der Waals surface area contributed by atoms with Gasteiger partial charge in [0.1, 0.15) is 11.9 Å². The quantitative estimate of drug-likeness (QED) is 0.650. The zero-order valence-corrected chi connectivity index (χ0v) is 9.86. The van der Waals surface area contributed by atoms with Crippen molar-refractivity contribution in [1.29, 1.82) is 5.26 Å². The van der Waals surface area contributed by atoms with E-state index < -0.39 is 17.8 Å². The zero-order chi connectivity index (χ0) is 13.0. The van der Waals surface area contributed by atoms with E-state index in [1.807, 2.05) is 0 Å². The fourth-order valence-corrected chi connectivity index (χ4v) is 1.42. The third-order valence-corrected chi connectivity index (χ3v) is 2.50. The minimum absolute atomic E-state index is 0.0639. The van der Waals surface area contributed by atoms with Gasteiger partial charge in [-0.25, -0.2) is 9.18 Å². The van der Waals surface area contributed by atoms with Crippen molar-refractivity contribution in [3.63, 3.8) is 0 Å². The van der Waals surface area contributed by atoms with Gasteiger partial charge in [0, 0.05) is 0 Å². The summed E-state index contributed by atoms with van der Waals surface area (Å²) in [5.74, 6) is -2.03. The molecule has 2 N–H and O–H groups in total. The van der Waals surface area contributed by atoms with Gasteiger partial charge in [0.2, 0.25) is 0 Å². The summed E-state index contributed by atoms with van der Waals surface area (Å²) in [5.41, 5.74) is -0.0147. The van der Waals surface area contributed by atoms with E-state index in [-0.39, 0.29) is 22.0 Å². The second-order valence-corrected chi connectivity index (χ2v) is 3.87. The second kappa shape index (κ2) is 5.41. The van der Waals surface area contributed by atoms with Gasteiger partial charge in [-0.3, -0.25) is 0 Å². The molecule has 0 radical (unpaired) electrons. The van der Waals surface area contributed by atoms with Crippen molar-refractivity contribution < 1.29 is 19.1 Å². The molecule has 0 aliphatic carbocycles. The third-order valence-electron chi connectivity index (χ3n) is 1.89. The lowest BCUT2D eigenvalue weighted by Crippen LogP contribution is -2.30. The van der Waals surface area contributed by atoms with Gasteiger partial charge in [-0.2, -0.15) is 5.26 Å². The number of hydrogen-bond donors (Lipinski definition) is 2. The lowest BCUT2D eigenvalue weighted by atomic mass is 10.1. The Morgan fingerprint density at radius 2 is 2.29 bits per heavy atom. The summed E-state index contributed by atoms with van der Waals surface area (Å²) >= 11 is 2.90. The fraction of sp³-hybridized carbons (Fsp3) is 0.100. The molecule has 5 nitrogen and oxygen atoms in total. The number of benzene rings is 1. The van der Waals surface area contributed by atoms with Gasteiger partial charge in [-0.05, 0) is 28.1 Å². The minimum Gasteiger partial charge on any atom is -0.479 e. The summed E-state index contributed by atoms with van der Waals surface area (Å²) in [6.07, 6.45) is 0.181. The van der Waals surface area contributed by atoms with Gasteiger partial charge < -0.3 is 15.2 Å². The summed E-state index contributed by atoms with van der Waals surface area (Å²) in [6.45, 7) is 0. The Kier molecular flexibility index (Phi) is 4.17. The first-order valence-electron chi connectivity index (χ1n) is 4.33. The van der Waals surface area contributed by atoms with Crippen LogP contribution in [0, 0.1) is 17.1 Å². The molecule has 0 saturated heterocycles. The molecule has 0 heterocycles. The molecule has 7 heteroatoms. The normalized spacial score (nSPS) is 11.4. The van der Waals surface area contributed by atoms with Gasteiger partial charge >= 0.3 is 5.97 Å². The van der Waals surface area contributed by atoms with Crippen molar-refractivity contribution in [2.75, 3.05) is 5.32 Å². The smallest absolute Gasteiger partial charge is 0.333 e. The van der Waals surface area contributed by atoms with Crippen molar-refractivity contribution in [3.05, 3.63) is 28.0 Å². The molecule has 1 atom stereocenters. The Balaban J connectivity index is 3.14. The number of halogens is 2. The molecular formula is C10H6BrFN2O3. The number of carboxylic acid groups (broad SMARTS) is 1. The molecule has 1 aromatic rings. The predicted molar refractivity (Wildman–Crippen MR) is 59.9 cm³/mol. The molecule has 1 unspecified atom stereocenters. The lowest BCUT2D eigenvalue weighted by Gasteiger charge is -2.11. The molecule has 0 aliphatic heterocycles. The summed E-state index contributed by atoms with van der Waals surface area (Å²) < 4.78 is 13.2. The van der Waals surface area contributed by atoms with Crippen LogP contribution in [0.3, 0.4) is 0 Å². The first-order valence-corrected chi connectivity index (χ1v) is 5.12. The number of nitrogens with zero attached hydrogens (tertiary/aromatic N) is 1. The van der Waals surface area contributed by atoms with Crippen LogP contribution in [0.2, 0.25) is 0 Å². The van der Waals surface area contributed by atoms with E-state index in [2.05, 4.69) is 21.2 Å². The first-order chi connectivity index (χ1) is 7.99.